The summed E-state index contributed by atoms with van der Waals surface area (Å²) in [5.41, 5.74) is 0. The van der Waals surface area contributed by atoms with Gasteiger partial charge in [-0.3, -0.25) is 4.79 Å². The minimum atomic E-state index is -0.0880. The monoisotopic (exact) mass is 126 g/mol. The van der Waals surface area contributed by atoms with Gasteiger partial charge in [-0.15, -0.1) is 0 Å². The van der Waals surface area contributed by atoms with Crippen LogP contribution in [0.1, 0.15) is 0 Å². The smallest absolute Gasteiger partial charge is 0.287 e. The summed E-state index contributed by atoms with van der Waals surface area (Å²) in [7, 11) is 0. The third kappa shape index (κ3) is 1.42. The number of rotatable bonds is 0. The molecule has 0 bridgehead atoms. The van der Waals surface area contributed by atoms with E-state index in [0.717, 1.165) is 11.8 Å². The summed E-state index contributed by atoms with van der Waals surface area (Å²) in [5, 5.41) is 4.02. The molecule has 1 aliphatic heterocycles. The SMILES string of the molecule is O=C1N[C]=CC=CS1. The molecule has 0 fully saturated rings. The lowest BCUT2D eigenvalue weighted by Gasteiger charge is -1.86. The first-order valence-electron chi connectivity index (χ1n) is 2.10. The molecule has 1 N–H and O–H groups in total. The van der Waals surface area contributed by atoms with Crippen LogP contribution in [-0.2, 0) is 0 Å². The van der Waals surface area contributed by atoms with Gasteiger partial charge in [0.15, 0.2) is 0 Å². The molecule has 0 saturated carbocycles. The standard InChI is InChI=1S/C5H4NOS/c7-5-6-3-1-2-4-8-5/h1-2,4H,(H,6,7). The van der Waals surface area contributed by atoms with E-state index in [-0.39, 0.29) is 5.24 Å². The second-order valence-corrected chi connectivity index (χ2v) is 2.05. The summed E-state index contributed by atoms with van der Waals surface area (Å²) in [4.78, 5) is 10.4. The molecule has 0 spiro atoms. The van der Waals surface area contributed by atoms with Crippen molar-refractivity contribution in [1.82, 2.24) is 5.32 Å². The average molecular weight is 126 g/mol. The van der Waals surface area contributed by atoms with Gasteiger partial charge in [-0.1, -0.05) is 6.08 Å². The molecule has 1 heterocycles. The number of amides is 1. The van der Waals surface area contributed by atoms with Gasteiger partial charge in [-0.2, -0.15) is 0 Å². The van der Waals surface area contributed by atoms with Gasteiger partial charge in [0.1, 0.15) is 0 Å². The largest absolute Gasteiger partial charge is 0.315 e. The first kappa shape index (κ1) is 5.44. The molecule has 0 aromatic carbocycles. The van der Waals surface area contributed by atoms with Gasteiger partial charge in [-0.25, -0.2) is 0 Å². The maximum atomic E-state index is 10.4. The van der Waals surface area contributed by atoms with Crippen molar-refractivity contribution in [3.05, 3.63) is 23.8 Å². The van der Waals surface area contributed by atoms with E-state index in [1.807, 2.05) is 0 Å². The Morgan fingerprint density at radius 3 is 3.50 bits per heavy atom. The molecule has 41 valence electrons. The van der Waals surface area contributed by atoms with Crippen molar-refractivity contribution < 1.29 is 4.79 Å². The third-order valence-corrected chi connectivity index (χ3v) is 1.22. The Morgan fingerprint density at radius 2 is 2.62 bits per heavy atom. The van der Waals surface area contributed by atoms with Gasteiger partial charge in [0, 0.05) is 0 Å². The van der Waals surface area contributed by atoms with Crippen molar-refractivity contribution in [1.29, 1.82) is 0 Å². The van der Waals surface area contributed by atoms with E-state index in [1.165, 1.54) is 0 Å². The van der Waals surface area contributed by atoms with Crippen molar-refractivity contribution in [2.45, 2.75) is 0 Å². The van der Waals surface area contributed by atoms with Crippen LogP contribution in [-0.4, -0.2) is 5.24 Å². The van der Waals surface area contributed by atoms with Gasteiger partial charge in [0.05, 0.1) is 6.20 Å². The maximum Gasteiger partial charge on any atom is 0.287 e. The first-order valence-corrected chi connectivity index (χ1v) is 2.98. The first-order chi connectivity index (χ1) is 3.89. The van der Waals surface area contributed by atoms with E-state index < -0.39 is 0 Å². The van der Waals surface area contributed by atoms with Crippen LogP contribution in [0.15, 0.2) is 17.6 Å². The van der Waals surface area contributed by atoms with Gasteiger partial charge in [-0.05, 0) is 23.2 Å². The van der Waals surface area contributed by atoms with Gasteiger partial charge in [0.2, 0.25) is 0 Å². The molecule has 1 radical (unpaired) electrons. The van der Waals surface area contributed by atoms with E-state index in [9.17, 15) is 4.79 Å². The zero-order chi connectivity index (χ0) is 5.82. The fourth-order valence-corrected chi connectivity index (χ4v) is 0.717. The molecular formula is C5H4NOS. The molecule has 1 aliphatic rings. The lowest BCUT2D eigenvalue weighted by Crippen LogP contribution is -2.08. The summed E-state index contributed by atoms with van der Waals surface area (Å²) in [6.45, 7) is 0. The van der Waals surface area contributed by atoms with Crippen LogP contribution in [0.25, 0.3) is 0 Å². The highest BCUT2D eigenvalue weighted by atomic mass is 32.2. The fourth-order valence-electron chi connectivity index (χ4n) is 0.319. The van der Waals surface area contributed by atoms with Crippen LogP contribution in [0.2, 0.25) is 0 Å². The zero-order valence-electron chi connectivity index (χ0n) is 4.05. The van der Waals surface area contributed by atoms with Crippen LogP contribution >= 0.6 is 11.8 Å². The van der Waals surface area contributed by atoms with Gasteiger partial charge >= 0.3 is 0 Å². The van der Waals surface area contributed by atoms with Crippen molar-refractivity contribution in [2.75, 3.05) is 0 Å². The number of hydrogen-bond donors (Lipinski definition) is 1. The summed E-state index contributed by atoms with van der Waals surface area (Å²) >= 11 is 1.11. The molecule has 0 aromatic rings. The topological polar surface area (TPSA) is 29.1 Å². The highest BCUT2D eigenvalue weighted by Crippen LogP contribution is 2.04. The summed E-state index contributed by atoms with van der Waals surface area (Å²) in [5.74, 6) is 0. The molecule has 0 aliphatic carbocycles. The average Bonchev–Trinajstić information content (AvgIpc) is 1.94. The predicted molar refractivity (Wildman–Crippen MR) is 33.1 cm³/mol. The summed E-state index contributed by atoms with van der Waals surface area (Å²) < 4.78 is 0. The number of nitrogens with one attached hydrogen (secondary N) is 1. The van der Waals surface area contributed by atoms with E-state index in [2.05, 4.69) is 11.5 Å². The Morgan fingerprint density at radius 1 is 1.75 bits per heavy atom. The second-order valence-electron chi connectivity index (χ2n) is 1.17. The molecule has 0 saturated heterocycles. The number of thioether (sulfide) groups is 1. The molecule has 3 heteroatoms. The molecule has 2 nitrogen and oxygen atoms in total. The number of carbonyl (C=O) groups is 1. The van der Waals surface area contributed by atoms with E-state index in [1.54, 1.807) is 17.6 Å². The van der Waals surface area contributed by atoms with Crippen LogP contribution in [0.5, 0.6) is 0 Å². The highest BCUT2D eigenvalue weighted by Gasteiger charge is 1.95. The maximum absolute atomic E-state index is 10.4. The highest BCUT2D eigenvalue weighted by molar-refractivity contribution is 8.16. The molecule has 8 heavy (non-hydrogen) atoms. The van der Waals surface area contributed by atoms with E-state index in [4.69, 9.17) is 0 Å². The Bertz CT molecular complexity index is 135. The molecule has 0 aromatic heterocycles. The summed E-state index contributed by atoms with van der Waals surface area (Å²) in [6, 6.07) is 0. The van der Waals surface area contributed by atoms with E-state index >= 15 is 0 Å². The number of carbonyl (C=O) groups excluding carboxylic acids is 1. The number of allylic oxidation sites excluding steroid dienone is 2. The minimum Gasteiger partial charge on any atom is -0.315 e. The Kier molecular flexibility index (Phi) is 1.75. The zero-order valence-corrected chi connectivity index (χ0v) is 4.87. The Balaban J connectivity index is 2.58. The minimum absolute atomic E-state index is 0.0880. The molecule has 0 atom stereocenters. The fraction of sp³-hybridized carbons (Fsp3) is 0. The molecule has 0 unspecified atom stereocenters. The molecule has 1 rings (SSSR count). The molecular weight excluding hydrogens is 122 g/mol. The lowest BCUT2D eigenvalue weighted by molar-refractivity contribution is 0.263. The third-order valence-electron chi connectivity index (χ3n) is 0.607. The summed E-state index contributed by atoms with van der Waals surface area (Å²) in [6.07, 6.45) is 5.97. The lowest BCUT2D eigenvalue weighted by atomic mass is 10.6. The van der Waals surface area contributed by atoms with Crippen LogP contribution < -0.4 is 5.32 Å². The number of hydrogen-bond acceptors (Lipinski definition) is 2. The van der Waals surface area contributed by atoms with Crippen molar-refractivity contribution >= 4 is 17.0 Å². The Hall–Kier alpha value is -0.700. The second kappa shape index (κ2) is 2.57. The Labute approximate surface area is 51.6 Å². The van der Waals surface area contributed by atoms with E-state index in [0.29, 0.717) is 0 Å². The van der Waals surface area contributed by atoms with Crippen LogP contribution in [0, 0.1) is 6.20 Å². The van der Waals surface area contributed by atoms with Crippen LogP contribution in [0.4, 0.5) is 4.79 Å². The molecule has 1 amide bonds. The predicted octanol–water partition coefficient (Wildman–Crippen LogP) is 1.27. The van der Waals surface area contributed by atoms with Crippen LogP contribution in [0.3, 0.4) is 0 Å². The van der Waals surface area contributed by atoms with Crippen molar-refractivity contribution in [3.8, 4) is 0 Å². The van der Waals surface area contributed by atoms with Gasteiger partial charge < -0.3 is 5.32 Å². The normalized spacial score (nSPS) is 17.8. The van der Waals surface area contributed by atoms with Gasteiger partial charge in [0.25, 0.3) is 5.24 Å². The quantitative estimate of drug-likeness (QED) is 0.529. The van der Waals surface area contributed by atoms with Crippen molar-refractivity contribution in [2.24, 2.45) is 0 Å². The van der Waals surface area contributed by atoms with Crippen molar-refractivity contribution in [3.63, 3.8) is 0 Å².